The molecule has 3 amide bonds. The summed E-state index contributed by atoms with van der Waals surface area (Å²) in [6, 6.07) is 15.7. The number of nitrogens with zero attached hydrogens (tertiary/aromatic N) is 2. The molecule has 1 aliphatic rings. The van der Waals surface area contributed by atoms with E-state index in [1.807, 2.05) is 19.9 Å². The lowest BCUT2D eigenvalue weighted by molar-refractivity contribution is 0.102. The minimum absolute atomic E-state index is 0.212. The minimum atomic E-state index is -0.230. The van der Waals surface area contributed by atoms with Crippen molar-refractivity contribution >= 4 is 40.8 Å². The molecule has 2 heterocycles. The molecule has 7 nitrogen and oxygen atoms in total. The molecule has 0 spiro atoms. The lowest BCUT2D eigenvalue weighted by atomic mass is 10.2. The number of carbonyl (C=O) groups excluding carboxylic acids is 2. The quantitative estimate of drug-likeness (QED) is 0.580. The van der Waals surface area contributed by atoms with Gasteiger partial charge in [0, 0.05) is 34.9 Å². The Hall–Kier alpha value is -3.52. The van der Waals surface area contributed by atoms with Gasteiger partial charge in [-0.05, 0) is 74.0 Å². The molecule has 0 saturated heterocycles. The zero-order valence-electron chi connectivity index (χ0n) is 18.1. The standard InChI is InChI=1S/C24H24N4O3S/c1-15-14-16(2)25-23-21(15)28(12-13-32-23)24(30)27-19-6-4-17(5-7-19)22(29)26-18-8-10-20(31-3)11-9-18/h4-11,14H,12-13H2,1-3H3,(H,26,29)(H,27,30). The van der Waals surface area contributed by atoms with Gasteiger partial charge in [-0.1, -0.05) is 0 Å². The second-order valence-electron chi connectivity index (χ2n) is 7.42. The van der Waals surface area contributed by atoms with Crippen LogP contribution in [0.15, 0.2) is 59.6 Å². The number of ether oxygens (including phenoxy) is 1. The summed E-state index contributed by atoms with van der Waals surface area (Å²) < 4.78 is 5.12. The fraction of sp³-hybridized carbons (Fsp3) is 0.208. The molecular formula is C24H24N4O3S. The van der Waals surface area contributed by atoms with E-state index >= 15 is 0 Å². The van der Waals surface area contributed by atoms with Crippen molar-refractivity contribution in [2.24, 2.45) is 0 Å². The van der Waals surface area contributed by atoms with Gasteiger partial charge in [0.2, 0.25) is 0 Å². The van der Waals surface area contributed by atoms with Crippen LogP contribution in [0.1, 0.15) is 21.6 Å². The van der Waals surface area contributed by atoms with Crippen LogP contribution in [0.5, 0.6) is 5.75 Å². The van der Waals surface area contributed by atoms with Gasteiger partial charge in [0.15, 0.2) is 0 Å². The van der Waals surface area contributed by atoms with Gasteiger partial charge in [-0.15, -0.1) is 11.8 Å². The molecule has 3 aromatic rings. The van der Waals surface area contributed by atoms with Crippen molar-refractivity contribution < 1.29 is 14.3 Å². The van der Waals surface area contributed by atoms with E-state index in [0.29, 0.717) is 23.5 Å². The normalized spacial score (nSPS) is 12.7. The number of hydrogen-bond acceptors (Lipinski definition) is 5. The highest BCUT2D eigenvalue weighted by atomic mass is 32.2. The molecule has 0 atom stereocenters. The van der Waals surface area contributed by atoms with Crippen molar-refractivity contribution in [2.75, 3.05) is 34.9 Å². The molecule has 32 heavy (non-hydrogen) atoms. The van der Waals surface area contributed by atoms with Crippen molar-refractivity contribution in [3.05, 3.63) is 71.4 Å². The number of rotatable bonds is 4. The third-order valence-corrected chi connectivity index (χ3v) is 6.04. The van der Waals surface area contributed by atoms with Crippen LogP contribution in [0.25, 0.3) is 0 Å². The van der Waals surface area contributed by atoms with Gasteiger partial charge in [-0.3, -0.25) is 9.69 Å². The lowest BCUT2D eigenvalue weighted by Crippen LogP contribution is -2.39. The SMILES string of the molecule is COc1ccc(NC(=O)c2ccc(NC(=O)N3CCSc4nc(C)cc(C)c43)cc2)cc1. The monoisotopic (exact) mass is 448 g/mol. The number of methoxy groups -OCH3 is 1. The number of fused-ring (bicyclic) bond motifs is 1. The van der Waals surface area contributed by atoms with Crippen molar-refractivity contribution in [3.63, 3.8) is 0 Å². The van der Waals surface area contributed by atoms with Crippen LogP contribution in [0.2, 0.25) is 0 Å². The first-order valence-electron chi connectivity index (χ1n) is 10.2. The zero-order valence-corrected chi connectivity index (χ0v) is 19.0. The molecule has 164 valence electrons. The average molecular weight is 449 g/mol. The van der Waals surface area contributed by atoms with E-state index in [-0.39, 0.29) is 11.9 Å². The summed E-state index contributed by atoms with van der Waals surface area (Å²) in [5, 5.41) is 6.65. The number of pyridine rings is 1. The molecule has 0 radical (unpaired) electrons. The highest BCUT2D eigenvalue weighted by Crippen LogP contribution is 2.36. The topological polar surface area (TPSA) is 83.6 Å². The smallest absolute Gasteiger partial charge is 0.326 e. The van der Waals surface area contributed by atoms with Crippen molar-refractivity contribution in [1.29, 1.82) is 0 Å². The Balaban J connectivity index is 1.43. The number of hydrogen-bond donors (Lipinski definition) is 2. The predicted molar refractivity (Wildman–Crippen MR) is 128 cm³/mol. The lowest BCUT2D eigenvalue weighted by Gasteiger charge is -2.30. The van der Waals surface area contributed by atoms with Gasteiger partial charge in [0.05, 0.1) is 12.8 Å². The Bertz CT molecular complexity index is 1150. The Kier molecular flexibility index (Phi) is 6.32. The summed E-state index contributed by atoms with van der Waals surface area (Å²) in [4.78, 5) is 31.8. The molecule has 2 N–H and O–H groups in total. The predicted octanol–water partition coefficient (Wildman–Crippen LogP) is 5.10. The maximum atomic E-state index is 13.0. The fourth-order valence-electron chi connectivity index (χ4n) is 3.55. The number of carbonyl (C=O) groups is 2. The van der Waals surface area contributed by atoms with Crippen molar-refractivity contribution in [3.8, 4) is 5.75 Å². The molecule has 2 aromatic carbocycles. The van der Waals surface area contributed by atoms with Crippen LogP contribution in [0.4, 0.5) is 21.9 Å². The first-order chi connectivity index (χ1) is 15.4. The highest BCUT2D eigenvalue weighted by molar-refractivity contribution is 7.99. The molecule has 0 saturated carbocycles. The second kappa shape index (κ2) is 9.32. The number of benzene rings is 2. The molecule has 0 aliphatic carbocycles. The van der Waals surface area contributed by atoms with E-state index in [9.17, 15) is 9.59 Å². The van der Waals surface area contributed by atoms with Crippen LogP contribution in [0, 0.1) is 13.8 Å². The summed E-state index contributed by atoms with van der Waals surface area (Å²) >= 11 is 1.67. The molecule has 1 aromatic heterocycles. The van der Waals surface area contributed by atoms with E-state index in [0.717, 1.165) is 33.5 Å². The van der Waals surface area contributed by atoms with E-state index in [1.165, 1.54) is 0 Å². The van der Waals surface area contributed by atoms with Gasteiger partial charge in [-0.2, -0.15) is 0 Å². The number of thioether (sulfide) groups is 1. The Morgan fingerprint density at radius 1 is 1.00 bits per heavy atom. The number of aryl methyl sites for hydroxylation is 2. The molecule has 0 fully saturated rings. The van der Waals surface area contributed by atoms with Gasteiger partial charge in [-0.25, -0.2) is 9.78 Å². The summed E-state index contributed by atoms with van der Waals surface area (Å²) in [5.74, 6) is 1.28. The summed E-state index contributed by atoms with van der Waals surface area (Å²) in [5.41, 5.74) is 4.62. The Labute approximate surface area is 191 Å². The molecule has 0 bridgehead atoms. The fourth-order valence-corrected chi connectivity index (χ4v) is 4.63. The van der Waals surface area contributed by atoms with E-state index < -0.39 is 0 Å². The number of urea groups is 1. The van der Waals surface area contributed by atoms with Gasteiger partial charge in [0.1, 0.15) is 10.8 Å². The molecule has 0 unspecified atom stereocenters. The third kappa shape index (κ3) is 4.70. The van der Waals surface area contributed by atoms with Crippen LogP contribution in [-0.4, -0.2) is 36.3 Å². The van der Waals surface area contributed by atoms with E-state index in [1.54, 1.807) is 72.3 Å². The van der Waals surface area contributed by atoms with E-state index in [4.69, 9.17) is 4.74 Å². The molecule has 1 aliphatic heterocycles. The summed E-state index contributed by atoms with van der Waals surface area (Å²) in [6.07, 6.45) is 0. The molecular weight excluding hydrogens is 424 g/mol. The number of amides is 3. The minimum Gasteiger partial charge on any atom is -0.497 e. The first kappa shape index (κ1) is 21.7. The van der Waals surface area contributed by atoms with Crippen molar-refractivity contribution in [1.82, 2.24) is 4.98 Å². The molecule has 8 heteroatoms. The third-order valence-electron chi connectivity index (χ3n) is 5.09. The maximum absolute atomic E-state index is 13.0. The number of nitrogens with one attached hydrogen (secondary N) is 2. The van der Waals surface area contributed by atoms with Gasteiger partial charge < -0.3 is 15.4 Å². The first-order valence-corrected chi connectivity index (χ1v) is 11.2. The average Bonchev–Trinajstić information content (AvgIpc) is 2.79. The van der Waals surface area contributed by atoms with Crippen LogP contribution >= 0.6 is 11.8 Å². The maximum Gasteiger partial charge on any atom is 0.326 e. The van der Waals surface area contributed by atoms with E-state index in [2.05, 4.69) is 15.6 Å². The summed E-state index contributed by atoms with van der Waals surface area (Å²) in [6.45, 7) is 4.56. The van der Waals surface area contributed by atoms with Crippen LogP contribution < -0.4 is 20.3 Å². The number of aromatic nitrogens is 1. The van der Waals surface area contributed by atoms with Crippen LogP contribution in [0.3, 0.4) is 0 Å². The Morgan fingerprint density at radius 2 is 1.66 bits per heavy atom. The largest absolute Gasteiger partial charge is 0.497 e. The van der Waals surface area contributed by atoms with Crippen LogP contribution in [-0.2, 0) is 0 Å². The highest BCUT2D eigenvalue weighted by Gasteiger charge is 2.26. The van der Waals surface area contributed by atoms with Gasteiger partial charge >= 0.3 is 6.03 Å². The number of anilines is 3. The Morgan fingerprint density at radius 3 is 2.34 bits per heavy atom. The second-order valence-corrected chi connectivity index (χ2v) is 8.51. The molecule has 4 rings (SSSR count). The summed E-state index contributed by atoms with van der Waals surface area (Å²) in [7, 11) is 1.59. The zero-order chi connectivity index (χ0) is 22.7. The van der Waals surface area contributed by atoms with Gasteiger partial charge in [0.25, 0.3) is 5.91 Å². The van der Waals surface area contributed by atoms with Crippen molar-refractivity contribution in [2.45, 2.75) is 18.9 Å².